The Hall–Kier alpha value is -7.36. The number of hydrogen-bond donors (Lipinski definition) is 0. The Labute approximate surface area is 317 Å². The van der Waals surface area contributed by atoms with Crippen LogP contribution in [0, 0.1) is 0 Å². The first-order chi connectivity index (χ1) is 27.3. The first-order valence-corrected chi connectivity index (χ1v) is 18.9. The summed E-state index contributed by atoms with van der Waals surface area (Å²) in [4.78, 5) is 0. The molecule has 0 aliphatic heterocycles. The van der Waals surface area contributed by atoms with Crippen molar-refractivity contribution in [3.8, 4) is 28.2 Å². The highest BCUT2D eigenvalue weighted by molar-refractivity contribution is 6.17. The van der Waals surface area contributed by atoms with Crippen molar-refractivity contribution in [2.75, 3.05) is 0 Å². The molecule has 0 aliphatic carbocycles. The van der Waals surface area contributed by atoms with Crippen molar-refractivity contribution in [2.45, 2.75) is 0 Å². The van der Waals surface area contributed by atoms with Gasteiger partial charge in [-0.2, -0.15) is 0 Å². The smallest absolute Gasteiger partial charge is 0.0782 e. The average Bonchev–Trinajstić information content (AvgIpc) is 3.89. The summed E-state index contributed by atoms with van der Waals surface area (Å²) in [6.07, 6.45) is 0. The highest BCUT2D eigenvalue weighted by atomic mass is 15.1. The van der Waals surface area contributed by atoms with Crippen molar-refractivity contribution in [3.05, 3.63) is 200 Å². The van der Waals surface area contributed by atoms with E-state index in [2.05, 4.69) is 214 Å². The molecule has 0 N–H and O–H groups in total. The van der Waals surface area contributed by atoms with Crippen LogP contribution >= 0.6 is 0 Å². The van der Waals surface area contributed by atoms with Gasteiger partial charge in [0.25, 0.3) is 0 Å². The molecule has 0 saturated heterocycles. The number of hydrogen-bond acceptors (Lipinski definition) is 0. The van der Waals surface area contributed by atoms with Gasteiger partial charge in [-0.15, -0.1) is 0 Å². The molecule has 256 valence electrons. The van der Waals surface area contributed by atoms with E-state index in [1.54, 1.807) is 0 Å². The lowest BCUT2D eigenvalue weighted by atomic mass is 9.99. The molecule has 3 aromatic heterocycles. The molecule has 0 saturated carbocycles. The normalized spacial score (nSPS) is 12.0. The molecule has 0 atom stereocenters. The van der Waals surface area contributed by atoms with Gasteiger partial charge in [-0.25, -0.2) is 0 Å². The van der Waals surface area contributed by atoms with Crippen molar-refractivity contribution in [3.63, 3.8) is 0 Å². The second-order valence-electron chi connectivity index (χ2n) is 14.6. The van der Waals surface area contributed by atoms with Gasteiger partial charge >= 0.3 is 0 Å². The van der Waals surface area contributed by atoms with Crippen LogP contribution in [-0.4, -0.2) is 13.7 Å². The van der Waals surface area contributed by atoms with Crippen LogP contribution in [0.4, 0.5) is 0 Å². The zero-order valence-electron chi connectivity index (χ0n) is 29.9. The minimum atomic E-state index is 1.15. The maximum atomic E-state index is 2.49. The number of para-hydroxylation sites is 5. The second kappa shape index (κ2) is 11.6. The van der Waals surface area contributed by atoms with Crippen LogP contribution in [0.25, 0.3) is 104 Å². The van der Waals surface area contributed by atoms with E-state index >= 15 is 0 Å². The predicted octanol–water partition coefficient (Wildman–Crippen LogP) is 13.8. The minimum Gasteiger partial charge on any atom is -0.309 e. The maximum Gasteiger partial charge on any atom is 0.0782 e. The highest BCUT2D eigenvalue weighted by Gasteiger charge is 2.22. The van der Waals surface area contributed by atoms with Crippen molar-refractivity contribution < 1.29 is 0 Å². The molecule has 55 heavy (non-hydrogen) atoms. The van der Waals surface area contributed by atoms with E-state index in [1.165, 1.54) is 87.3 Å². The third-order valence-corrected chi connectivity index (χ3v) is 11.6. The fraction of sp³-hybridized carbons (Fsp3) is 0. The molecule has 12 rings (SSSR count). The molecule has 3 heterocycles. The Morgan fingerprint density at radius 3 is 1.45 bits per heavy atom. The third-order valence-electron chi connectivity index (χ3n) is 11.6. The van der Waals surface area contributed by atoms with E-state index in [0.29, 0.717) is 0 Å². The van der Waals surface area contributed by atoms with Crippen LogP contribution in [-0.2, 0) is 0 Å². The Balaban J connectivity index is 1.21. The van der Waals surface area contributed by atoms with E-state index in [4.69, 9.17) is 0 Å². The molecule has 3 nitrogen and oxygen atoms in total. The lowest BCUT2D eigenvalue weighted by Crippen LogP contribution is -2.01. The zero-order chi connectivity index (χ0) is 36.0. The quantitative estimate of drug-likeness (QED) is 0.174. The van der Waals surface area contributed by atoms with E-state index < -0.39 is 0 Å². The summed E-state index contributed by atoms with van der Waals surface area (Å²) in [6.45, 7) is 0. The zero-order valence-corrected chi connectivity index (χ0v) is 29.9. The van der Waals surface area contributed by atoms with Crippen LogP contribution < -0.4 is 0 Å². The minimum absolute atomic E-state index is 1.15. The van der Waals surface area contributed by atoms with Crippen molar-refractivity contribution in [1.29, 1.82) is 0 Å². The van der Waals surface area contributed by atoms with Gasteiger partial charge in [0.2, 0.25) is 0 Å². The van der Waals surface area contributed by atoms with Gasteiger partial charge in [0, 0.05) is 43.7 Å². The Bertz CT molecular complexity index is 3430. The van der Waals surface area contributed by atoms with Crippen molar-refractivity contribution >= 4 is 76.2 Å². The maximum absolute atomic E-state index is 2.49. The van der Waals surface area contributed by atoms with Crippen molar-refractivity contribution in [2.24, 2.45) is 0 Å². The standard InChI is InChI=1S/C52H33N3/c1-2-16-38(17-3-1)53-46-22-10-8-20-42(46)44-31-36(27-29-50(44)53)37-32-45-43-21-9-11-23-47(43)54(39-28-26-34-14-4-5-15-35(34)30-39)52(45)51(33-37)55-48-24-12-6-18-40(48)41-19-7-13-25-49(41)55/h1-33H. The van der Waals surface area contributed by atoms with Gasteiger partial charge in [-0.3, -0.25) is 0 Å². The third kappa shape index (κ3) is 4.38. The Morgan fingerprint density at radius 2 is 0.764 bits per heavy atom. The van der Waals surface area contributed by atoms with E-state index in [9.17, 15) is 0 Å². The number of benzene rings is 9. The molecule has 0 spiro atoms. The lowest BCUT2D eigenvalue weighted by Gasteiger charge is -2.17. The summed E-state index contributed by atoms with van der Waals surface area (Å²) in [7, 11) is 0. The van der Waals surface area contributed by atoms with E-state index in [1.807, 2.05) is 0 Å². The van der Waals surface area contributed by atoms with Crippen LogP contribution in [0.1, 0.15) is 0 Å². The van der Waals surface area contributed by atoms with Gasteiger partial charge in [-0.1, -0.05) is 127 Å². The largest absolute Gasteiger partial charge is 0.309 e. The summed E-state index contributed by atoms with van der Waals surface area (Å²) in [6, 6.07) is 73.4. The first-order valence-electron chi connectivity index (χ1n) is 18.9. The Morgan fingerprint density at radius 1 is 0.255 bits per heavy atom. The van der Waals surface area contributed by atoms with Gasteiger partial charge < -0.3 is 13.7 Å². The van der Waals surface area contributed by atoms with Gasteiger partial charge in [0.15, 0.2) is 0 Å². The SMILES string of the molecule is c1ccc(-n2c3ccccc3c3cc(-c4cc(-n5c6ccccc6c6ccccc65)c5c(c4)c4ccccc4n5-c4ccc5ccccc5c4)ccc32)cc1. The summed E-state index contributed by atoms with van der Waals surface area (Å²) in [5, 5.41) is 9.92. The highest BCUT2D eigenvalue weighted by Crippen LogP contribution is 2.43. The van der Waals surface area contributed by atoms with E-state index in [0.717, 1.165) is 17.1 Å². The molecule has 3 heteroatoms. The first kappa shape index (κ1) is 30.1. The molecule has 0 radical (unpaired) electrons. The summed E-state index contributed by atoms with van der Waals surface area (Å²) < 4.78 is 7.36. The summed E-state index contributed by atoms with van der Waals surface area (Å²) >= 11 is 0. The summed E-state index contributed by atoms with van der Waals surface area (Å²) in [5.74, 6) is 0. The molecule has 12 aromatic rings. The predicted molar refractivity (Wildman–Crippen MR) is 232 cm³/mol. The van der Waals surface area contributed by atoms with Gasteiger partial charge in [-0.05, 0) is 94.7 Å². The van der Waals surface area contributed by atoms with E-state index in [-0.39, 0.29) is 0 Å². The van der Waals surface area contributed by atoms with Crippen molar-refractivity contribution in [1.82, 2.24) is 13.7 Å². The molecular formula is C52H33N3. The molecule has 9 aromatic carbocycles. The second-order valence-corrected chi connectivity index (χ2v) is 14.6. The van der Waals surface area contributed by atoms with Crippen LogP contribution in [0.3, 0.4) is 0 Å². The number of rotatable bonds is 4. The average molecular weight is 700 g/mol. The molecular weight excluding hydrogens is 667 g/mol. The Kier molecular flexibility index (Phi) is 6.34. The van der Waals surface area contributed by atoms with Gasteiger partial charge in [0.05, 0.1) is 38.8 Å². The fourth-order valence-electron chi connectivity index (χ4n) is 9.19. The molecule has 0 unspecified atom stereocenters. The monoisotopic (exact) mass is 699 g/mol. The molecule has 0 bridgehead atoms. The molecule has 0 fully saturated rings. The number of nitrogens with zero attached hydrogens (tertiary/aromatic N) is 3. The number of fused-ring (bicyclic) bond motifs is 10. The van der Waals surface area contributed by atoms with Gasteiger partial charge in [0.1, 0.15) is 0 Å². The van der Waals surface area contributed by atoms with Crippen LogP contribution in [0.15, 0.2) is 200 Å². The molecule has 0 aliphatic rings. The fourth-order valence-corrected chi connectivity index (χ4v) is 9.19. The lowest BCUT2D eigenvalue weighted by molar-refractivity contribution is 1.13. The topological polar surface area (TPSA) is 14.8 Å². The van der Waals surface area contributed by atoms with Crippen LogP contribution in [0.2, 0.25) is 0 Å². The molecule has 0 amide bonds. The number of aromatic nitrogens is 3. The summed E-state index contributed by atoms with van der Waals surface area (Å²) in [5.41, 5.74) is 13.0. The van der Waals surface area contributed by atoms with Crippen LogP contribution in [0.5, 0.6) is 0 Å².